The topological polar surface area (TPSA) is 45.8 Å². The molecular formula is C15H19NO3. The molecule has 0 bridgehead atoms. The number of nitrogens with zero attached hydrogens (tertiary/aromatic N) is 1. The minimum Gasteiger partial charge on any atom is -0.501 e. The Bertz CT molecular complexity index is 573. The van der Waals surface area contributed by atoms with Crippen LogP contribution in [0.3, 0.4) is 0 Å². The average molecular weight is 261 g/mol. The average Bonchev–Trinajstić information content (AvgIpc) is 2.68. The van der Waals surface area contributed by atoms with Gasteiger partial charge in [-0.2, -0.15) is 0 Å². The molecule has 1 heterocycles. The minimum absolute atomic E-state index is 0.0520. The predicted octanol–water partition coefficient (Wildman–Crippen LogP) is 3.43. The number of hydrogen-bond acceptors (Lipinski definition) is 4. The first-order valence-electron chi connectivity index (χ1n) is 6.27. The first-order chi connectivity index (χ1) is 9.04. The molecule has 0 saturated carbocycles. The van der Waals surface area contributed by atoms with Gasteiger partial charge in [-0.05, 0) is 19.4 Å². The monoisotopic (exact) mass is 261 g/mol. The molecule has 102 valence electrons. The van der Waals surface area contributed by atoms with Gasteiger partial charge in [-0.1, -0.05) is 29.8 Å². The van der Waals surface area contributed by atoms with Crippen molar-refractivity contribution in [2.45, 2.75) is 13.8 Å². The number of furan rings is 1. The Hall–Kier alpha value is -2.10. The van der Waals surface area contributed by atoms with Crippen molar-refractivity contribution >= 4 is 5.88 Å². The molecule has 0 fully saturated rings. The van der Waals surface area contributed by atoms with Crippen LogP contribution in [0.5, 0.6) is 11.7 Å². The van der Waals surface area contributed by atoms with Gasteiger partial charge in [0.1, 0.15) is 0 Å². The number of rotatable bonds is 4. The summed E-state index contributed by atoms with van der Waals surface area (Å²) in [7, 11) is 3.74. The highest BCUT2D eigenvalue weighted by atomic mass is 16.6. The molecule has 0 unspecified atom stereocenters. The maximum atomic E-state index is 10.3. The van der Waals surface area contributed by atoms with Crippen LogP contribution in [0, 0.1) is 6.92 Å². The second kappa shape index (κ2) is 5.26. The van der Waals surface area contributed by atoms with E-state index < -0.39 is 0 Å². The van der Waals surface area contributed by atoms with Crippen molar-refractivity contribution in [3.8, 4) is 22.8 Å². The second-order valence-corrected chi connectivity index (χ2v) is 4.62. The normalized spacial score (nSPS) is 10.5. The van der Waals surface area contributed by atoms with E-state index in [1.54, 1.807) is 0 Å². The third-order valence-corrected chi connectivity index (χ3v) is 2.82. The number of anilines is 1. The maximum Gasteiger partial charge on any atom is 0.330 e. The first kappa shape index (κ1) is 13.3. The van der Waals surface area contributed by atoms with E-state index in [0.29, 0.717) is 18.1 Å². The molecule has 0 aliphatic carbocycles. The lowest BCUT2D eigenvalue weighted by molar-refractivity contribution is 0.244. The zero-order valence-corrected chi connectivity index (χ0v) is 11.7. The highest BCUT2D eigenvalue weighted by Crippen LogP contribution is 2.47. The van der Waals surface area contributed by atoms with E-state index in [-0.39, 0.29) is 11.7 Å². The van der Waals surface area contributed by atoms with Crippen molar-refractivity contribution in [2.24, 2.45) is 0 Å². The van der Waals surface area contributed by atoms with Gasteiger partial charge in [0.05, 0.1) is 12.2 Å². The van der Waals surface area contributed by atoms with Gasteiger partial charge >= 0.3 is 5.95 Å². The van der Waals surface area contributed by atoms with Gasteiger partial charge in [0.2, 0.25) is 11.6 Å². The summed E-state index contributed by atoms with van der Waals surface area (Å²) in [6, 6.07) is 7.92. The molecule has 0 aliphatic rings. The van der Waals surface area contributed by atoms with Crippen LogP contribution < -0.4 is 9.64 Å². The van der Waals surface area contributed by atoms with Crippen molar-refractivity contribution in [1.82, 2.24) is 0 Å². The highest BCUT2D eigenvalue weighted by molar-refractivity contribution is 5.83. The Balaban J connectivity index is 2.60. The lowest BCUT2D eigenvalue weighted by Gasteiger charge is -2.11. The molecule has 0 radical (unpaired) electrons. The fourth-order valence-corrected chi connectivity index (χ4v) is 2.00. The Morgan fingerprint density at radius 1 is 1.32 bits per heavy atom. The molecule has 4 heteroatoms. The number of ether oxygens (including phenoxy) is 1. The van der Waals surface area contributed by atoms with Gasteiger partial charge in [0.15, 0.2) is 0 Å². The Morgan fingerprint density at radius 3 is 2.63 bits per heavy atom. The molecule has 2 aromatic rings. The van der Waals surface area contributed by atoms with Gasteiger partial charge in [0.25, 0.3) is 0 Å². The summed E-state index contributed by atoms with van der Waals surface area (Å²) in [6.45, 7) is 4.31. The molecule has 1 aromatic heterocycles. The smallest absolute Gasteiger partial charge is 0.330 e. The van der Waals surface area contributed by atoms with E-state index in [2.05, 4.69) is 0 Å². The Kier molecular flexibility index (Phi) is 3.69. The van der Waals surface area contributed by atoms with E-state index >= 15 is 0 Å². The Morgan fingerprint density at radius 2 is 2.05 bits per heavy atom. The van der Waals surface area contributed by atoms with Crippen molar-refractivity contribution in [1.29, 1.82) is 0 Å². The van der Waals surface area contributed by atoms with Gasteiger partial charge in [0, 0.05) is 14.1 Å². The molecule has 4 nitrogen and oxygen atoms in total. The van der Waals surface area contributed by atoms with Crippen molar-refractivity contribution in [3.63, 3.8) is 0 Å². The third kappa shape index (κ3) is 2.52. The molecule has 0 aliphatic heterocycles. The van der Waals surface area contributed by atoms with Crippen LogP contribution in [-0.4, -0.2) is 25.8 Å². The summed E-state index contributed by atoms with van der Waals surface area (Å²) in [5.74, 6) is 0.811. The summed E-state index contributed by atoms with van der Waals surface area (Å²) in [4.78, 5) is 1.82. The highest BCUT2D eigenvalue weighted by Gasteiger charge is 2.23. The van der Waals surface area contributed by atoms with Gasteiger partial charge in [-0.15, -0.1) is 0 Å². The zero-order valence-electron chi connectivity index (χ0n) is 11.7. The number of aryl methyl sites for hydroxylation is 1. The molecule has 19 heavy (non-hydrogen) atoms. The summed E-state index contributed by atoms with van der Waals surface area (Å²) >= 11 is 0. The standard InChI is InChI=1S/C15H19NO3/c1-5-18-15-13(17)12(14(19-15)16(3)4)11-8-6-7-10(2)9-11/h6-9,17H,5H2,1-4H3. The first-order valence-corrected chi connectivity index (χ1v) is 6.27. The van der Waals surface area contributed by atoms with Crippen LogP contribution in [0.2, 0.25) is 0 Å². The molecule has 0 spiro atoms. The van der Waals surface area contributed by atoms with Crippen LogP contribution >= 0.6 is 0 Å². The summed E-state index contributed by atoms with van der Waals surface area (Å²) in [5, 5.41) is 10.3. The van der Waals surface area contributed by atoms with Crippen LogP contribution in [0.1, 0.15) is 12.5 Å². The van der Waals surface area contributed by atoms with E-state index in [4.69, 9.17) is 9.15 Å². The van der Waals surface area contributed by atoms with Gasteiger partial charge < -0.3 is 19.2 Å². The lowest BCUT2D eigenvalue weighted by atomic mass is 10.0. The zero-order chi connectivity index (χ0) is 14.0. The van der Waals surface area contributed by atoms with Crippen molar-refractivity contribution < 1.29 is 14.3 Å². The maximum absolute atomic E-state index is 10.3. The van der Waals surface area contributed by atoms with E-state index in [9.17, 15) is 5.11 Å². The molecular weight excluding hydrogens is 242 g/mol. The van der Waals surface area contributed by atoms with E-state index in [0.717, 1.165) is 11.1 Å². The fraction of sp³-hybridized carbons (Fsp3) is 0.333. The molecule has 0 atom stereocenters. The fourth-order valence-electron chi connectivity index (χ4n) is 2.00. The largest absolute Gasteiger partial charge is 0.501 e. The van der Waals surface area contributed by atoms with Crippen LogP contribution in [0.25, 0.3) is 11.1 Å². The molecule has 2 rings (SSSR count). The number of hydrogen-bond donors (Lipinski definition) is 1. The second-order valence-electron chi connectivity index (χ2n) is 4.62. The quantitative estimate of drug-likeness (QED) is 0.916. The summed E-state index contributed by atoms with van der Waals surface area (Å²) in [6.07, 6.45) is 0. The molecule has 0 amide bonds. The summed E-state index contributed by atoms with van der Waals surface area (Å²) in [5.41, 5.74) is 2.70. The SMILES string of the molecule is CCOc1oc(N(C)C)c(-c2cccc(C)c2)c1O. The summed E-state index contributed by atoms with van der Waals surface area (Å²) < 4.78 is 10.9. The van der Waals surface area contributed by atoms with Crippen LogP contribution in [-0.2, 0) is 0 Å². The van der Waals surface area contributed by atoms with Crippen LogP contribution in [0.4, 0.5) is 5.88 Å². The molecule has 0 saturated heterocycles. The predicted molar refractivity (Wildman–Crippen MR) is 76.0 cm³/mol. The van der Waals surface area contributed by atoms with E-state index in [1.165, 1.54) is 0 Å². The number of benzene rings is 1. The van der Waals surface area contributed by atoms with Crippen LogP contribution in [0.15, 0.2) is 28.7 Å². The number of aromatic hydroxyl groups is 1. The molecule has 1 aromatic carbocycles. The Labute approximate surface area is 113 Å². The van der Waals surface area contributed by atoms with Gasteiger partial charge in [-0.3, -0.25) is 0 Å². The third-order valence-electron chi connectivity index (χ3n) is 2.82. The van der Waals surface area contributed by atoms with Crippen molar-refractivity contribution in [3.05, 3.63) is 29.8 Å². The lowest BCUT2D eigenvalue weighted by Crippen LogP contribution is -2.08. The minimum atomic E-state index is 0.0520. The van der Waals surface area contributed by atoms with Crippen molar-refractivity contribution in [2.75, 3.05) is 25.6 Å². The molecule has 1 N–H and O–H groups in total. The van der Waals surface area contributed by atoms with Gasteiger partial charge in [-0.25, -0.2) is 0 Å². The van der Waals surface area contributed by atoms with E-state index in [1.807, 2.05) is 57.1 Å².